The number of ether oxygens (including phenoxy) is 2. The molecule has 12 heavy (non-hydrogen) atoms. The summed E-state index contributed by atoms with van der Waals surface area (Å²) < 4.78 is 9.60. The number of rotatable bonds is 1. The topological polar surface area (TPSA) is 72.8 Å². The Hall–Kier alpha value is -1.10. The minimum absolute atomic E-state index is 0.291. The van der Waals surface area contributed by atoms with Crippen LogP contribution in [0.15, 0.2) is 0 Å². The molecule has 0 aromatic heterocycles. The van der Waals surface area contributed by atoms with Crippen LogP contribution in [0.4, 0.5) is 0 Å². The fourth-order valence-electron chi connectivity index (χ4n) is 1.10. The number of carbonyl (C=O) groups is 2. The van der Waals surface area contributed by atoms with Gasteiger partial charge in [-0.1, -0.05) is 0 Å². The van der Waals surface area contributed by atoms with Crippen molar-refractivity contribution in [2.45, 2.75) is 25.6 Å². The van der Waals surface area contributed by atoms with Gasteiger partial charge < -0.3 is 14.6 Å². The van der Waals surface area contributed by atoms with E-state index < -0.39 is 23.6 Å². The van der Waals surface area contributed by atoms with E-state index in [2.05, 4.69) is 0 Å². The van der Waals surface area contributed by atoms with Crippen molar-refractivity contribution in [1.82, 2.24) is 0 Å². The minimum Gasteiger partial charge on any atom is -0.479 e. The fraction of sp³-hybridized carbons (Fsp3) is 0.714. The van der Waals surface area contributed by atoms with Gasteiger partial charge >= 0.3 is 11.9 Å². The van der Waals surface area contributed by atoms with E-state index in [0.717, 1.165) is 0 Å². The molecule has 0 spiro atoms. The third kappa shape index (κ3) is 1.55. The first-order valence-corrected chi connectivity index (χ1v) is 3.50. The Morgan fingerprint density at radius 1 is 1.67 bits per heavy atom. The van der Waals surface area contributed by atoms with Crippen molar-refractivity contribution in [3.05, 3.63) is 0 Å². The molecule has 0 amide bonds. The first-order chi connectivity index (χ1) is 5.43. The van der Waals surface area contributed by atoms with E-state index >= 15 is 0 Å². The summed E-state index contributed by atoms with van der Waals surface area (Å²) in [6.07, 6.45) is -1.07. The van der Waals surface area contributed by atoms with Crippen molar-refractivity contribution in [2.24, 2.45) is 0 Å². The van der Waals surface area contributed by atoms with Crippen LogP contribution < -0.4 is 0 Å². The monoisotopic (exact) mass is 174 g/mol. The van der Waals surface area contributed by atoms with Gasteiger partial charge in [0.15, 0.2) is 6.10 Å². The van der Waals surface area contributed by atoms with Crippen molar-refractivity contribution in [2.75, 3.05) is 6.61 Å². The van der Waals surface area contributed by atoms with Crippen LogP contribution in [0, 0.1) is 0 Å². The van der Waals surface area contributed by atoms with E-state index in [1.807, 2.05) is 0 Å². The van der Waals surface area contributed by atoms with Crippen LogP contribution in [-0.2, 0) is 19.1 Å². The second kappa shape index (κ2) is 2.75. The smallest absolute Gasteiger partial charge is 0.337 e. The summed E-state index contributed by atoms with van der Waals surface area (Å²) in [5.41, 5.74) is -1.08. The van der Waals surface area contributed by atoms with Crippen molar-refractivity contribution >= 4 is 11.9 Å². The lowest BCUT2D eigenvalue weighted by Gasteiger charge is -2.34. The van der Waals surface area contributed by atoms with Gasteiger partial charge in [-0.2, -0.15) is 0 Å². The van der Waals surface area contributed by atoms with Gasteiger partial charge in [-0.3, -0.25) is 0 Å². The summed E-state index contributed by atoms with van der Waals surface area (Å²) in [7, 11) is 0. The van der Waals surface area contributed by atoms with Crippen LogP contribution in [0.3, 0.4) is 0 Å². The van der Waals surface area contributed by atoms with Crippen LogP contribution in [0.1, 0.15) is 13.8 Å². The molecule has 1 saturated heterocycles. The molecule has 0 aliphatic carbocycles. The number of hydrogen-bond acceptors (Lipinski definition) is 4. The average molecular weight is 174 g/mol. The van der Waals surface area contributed by atoms with Gasteiger partial charge in [0.1, 0.15) is 12.2 Å². The maximum Gasteiger partial charge on any atom is 0.337 e. The number of carbonyl (C=O) groups excluding carboxylic acids is 1. The average Bonchev–Trinajstić information content (AvgIpc) is 1.82. The predicted molar refractivity (Wildman–Crippen MR) is 37.5 cm³/mol. The Morgan fingerprint density at radius 3 is 2.67 bits per heavy atom. The van der Waals surface area contributed by atoms with E-state index in [0.29, 0.717) is 0 Å². The van der Waals surface area contributed by atoms with E-state index in [1.54, 1.807) is 0 Å². The molecule has 5 nitrogen and oxygen atoms in total. The number of cyclic esters (lactones) is 1. The second-order valence-corrected chi connectivity index (χ2v) is 3.11. The number of carboxylic acid groups (broad SMARTS) is 1. The number of aliphatic carboxylic acids is 1. The highest BCUT2D eigenvalue weighted by Gasteiger charge is 2.43. The zero-order valence-corrected chi connectivity index (χ0v) is 6.86. The van der Waals surface area contributed by atoms with Gasteiger partial charge in [0, 0.05) is 0 Å². The highest BCUT2D eigenvalue weighted by atomic mass is 16.6. The Labute approximate surface area is 69.3 Å². The second-order valence-electron chi connectivity index (χ2n) is 3.11. The zero-order valence-electron chi connectivity index (χ0n) is 6.86. The summed E-state index contributed by atoms with van der Waals surface area (Å²) >= 11 is 0. The van der Waals surface area contributed by atoms with E-state index in [4.69, 9.17) is 14.6 Å². The highest BCUT2D eigenvalue weighted by Crippen LogP contribution is 2.22. The maximum atomic E-state index is 10.7. The summed E-state index contributed by atoms with van der Waals surface area (Å²) in [6, 6.07) is 0. The van der Waals surface area contributed by atoms with E-state index in [-0.39, 0.29) is 6.61 Å². The highest BCUT2D eigenvalue weighted by molar-refractivity contribution is 5.78. The maximum absolute atomic E-state index is 10.7. The van der Waals surface area contributed by atoms with Gasteiger partial charge in [-0.05, 0) is 13.8 Å². The Bertz CT molecular complexity index is 220. The molecule has 0 aromatic rings. The Morgan fingerprint density at radius 2 is 2.25 bits per heavy atom. The standard InChI is InChI=1S/C7H10O5/c1-7(2)5(6(9)10)11-3-4(8)12-7/h5H,3H2,1-2H3,(H,9,10). The molecule has 0 radical (unpaired) electrons. The van der Waals surface area contributed by atoms with Crippen molar-refractivity contribution in [3.8, 4) is 0 Å². The first kappa shape index (κ1) is 8.99. The predicted octanol–water partition coefficient (Wildman–Crippen LogP) is -0.208. The molecule has 0 saturated carbocycles. The summed E-state index contributed by atoms with van der Waals surface area (Å²) in [5.74, 6) is -1.65. The molecular formula is C7H10O5. The molecule has 1 N–H and O–H groups in total. The molecular weight excluding hydrogens is 164 g/mol. The molecule has 1 unspecified atom stereocenters. The van der Waals surface area contributed by atoms with Crippen LogP contribution in [0.2, 0.25) is 0 Å². The molecule has 5 heteroatoms. The van der Waals surface area contributed by atoms with Gasteiger partial charge in [-0.25, -0.2) is 9.59 Å². The van der Waals surface area contributed by atoms with Gasteiger partial charge in [0.2, 0.25) is 0 Å². The molecule has 0 aromatic carbocycles. The van der Waals surface area contributed by atoms with Crippen molar-refractivity contribution in [3.63, 3.8) is 0 Å². The SMILES string of the molecule is CC1(C)OC(=O)COC1C(=O)O. The fourth-order valence-corrected chi connectivity index (χ4v) is 1.10. The van der Waals surface area contributed by atoms with Gasteiger partial charge in [0.05, 0.1) is 0 Å². The minimum atomic E-state index is -1.12. The van der Waals surface area contributed by atoms with Gasteiger partial charge in [-0.15, -0.1) is 0 Å². The summed E-state index contributed by atoms with van der Waals surface area (Å²) in [5, 5.41) is 8.64. The Balaban J connectivity index is 2.77. The number of hydrogen-bond donors (Lipinski definition) is 1. The van der Waals surface area contributed by atoms with Crippen molar-refractivity contribution in [1.29, 1.82) is 0 Å². The zero-order chi connectivity index (χ0) is 9.35. The molecule has 0 bridgehead atoms. The largest absolute Gasteiger partial charge is 0.479 e. The van der Waals surface area contributed by atoms with Crippen molar-refractivity contribution < 1.29 is 24.2 Å². The van der Waals surface area contributed by atoms with Crippen LogP contribution in [0.5, 0.6) is 0 Å². The normalized spacial score (nSPS) is 27.8. The van der Waals surface area contributed by atoms with Gasteiger partial charge in [0.25, 0.3) is 0 Å². The van der Waals surface area contributed by atoms with E-state index in [9.17, 15) is 9.59 Å². The molecule has 1 aliphatic heterocycles. The lowest BCUT2D eigenvalue weighted by atomic mass is 10.0. The molecule has 1 fully saturated rings. The number of carboxylic acids is 1. The summed E-state index contributed by atoms with van der Waals surface area (Å²) in [4.78, 5) is 21.3. The molecule has 1 rings (SSSR count). The number of esters is 1. The van der Waals surface area contributed by atoms with E-state index in [1.165, 1.54) is 13.8 Å². The molecule has 1 atom stereocenters. The summed E-state index contributed by atoms with van der Waals surface area (Å²) in [6.45, 7) is 2.71. The third-order valence-electron chi connectivity index (χ3n) is 1.60. The molecule has 1 heterocycles. The molecule has 68 valence electrons. The Kier molecular flexibility index (Phi) is 2.06. The van der Waals surface area contributed by atoms with Crippen LogP contribution in [-0.4, -0.2) is 35.4 Å². The van der Waals surface area contributed by atoms with Crippen LogP contribution in [0.25, 0.3) is 0 Å². The first-order valence-electron chi connectivity index (χ1n) is 3.50. The third-order valence-corrected chi connectivity index (χ3v) is 1.60. The molecule has 1 aliphatic rings. The lowest BCUT2D eigenvalue weighted by molar-refractivity contribution is -0.209. The van der Waals surface area contributed by atoms with Crippen LogP contribution >= 0.6 is 0 Å². The lowest BCUT2D eigenvalue weighted by Crippen LogP contribution is -2.52. The quantitative estimate of drug-likeness (QED) is 0.557.